The number of aromatic nitrogens is 3. The second-order valence-corrected chi connectivity index (χ2v) is 5.64. The van der Waals surface area contributed by atoms with Gasteiger partial charge in [-0.05, 0) is 26.0 Å². The van der Waals surface area contributed by atoms with Crippen molar-refractivity contribution in [1.82, 2.24) is 19.7 Å². The molecule has 2 aromatic rings. The third kappa shape index (κ3) is 2.45. The van der Waals surface area contributed by atoms with Gasteiger partial charge in [0, 0.05) is 6.07 Å². The Kier molecular flexibility index (Phi) is 3.40. The first-order valence-corrected chi connectivity index (χ1v) is 6.65. The molecule has 1 aromatic heterocycles. The monoisotopic (exact) mass is 308 g/mol. The first-order valence-electron chi connectivity index (χ1n) is 6.65. The molecule has 1 aliphatic heterocycles. The van der Waals surface area contributed by atoms with Gasteiger partial charge in [-0.1, -0.05) is 0 Å². The highest BCUT2D eigenvalue weighted by Gasteiger charge is 2.37. The van der Waals surface area contributed by atoms with Crippen LogP contribution in [-0.2, 0) is 4.74 Å². The van der Waals surface area contributed by atoms with E-state index >= 15 is 0 Å². The number of amides is 1. The Labute approximate surface area is 125 Å². The smallest absolute Gasteiger partial charge is 0.348 e. The number of hydrogen-bond acceptors (Lipinski definition) is 4. The topological polar surface area (TPSA) is 60.2 Å². The number of benzene rings is 1. The van der Waals surface area contributed by atoms with Gasteiger partial charge in [0.25, 0.3) is 0 Å². The molecule has 1 saturated heterocycles. The van der Waals surface area contributed by atoms with Crippen LogP contribution in [-0.4, -0.2) is 44.6 Å². The van der Waals surface area contributed by atoms with Crippen LogP contribution in [0.2, 0.25) is 0 Å². The van der Waals surface area contributed by atoms with Crippen molar-refractivity contribution in [3.05, 3.63) is 36.2 Å². The van der Waals surface area contributed by atoms with Crippen molar-refractivity contribution in [2.75, 3.05) is 13.3 Å². The highest BCUT2D eigenvalue weighted by atomic mass is 19.1. The van der Waals surface area contributed by atoms with Gasteiger partial charge in [0.05, 0.1) is 17.7 Å². The summed E-state index contributed by atoms with van der Waals surface area (Å²) in [5.41, 5.74) is -0.422. The zero-order valence-electron chi connectivity index (χ0n) is 12.1. The van der Waals surface area contributed by atoms with E-state index in [0.717, 1.165) is 16.8 Å². The fourth-order valence-corrected chi connectivity index (χ4v) is 2.23. The van der Waals surface area contributed by atoms with E-state index in [1.165, 1.54) is 17.3 Å². The number of carbonyl (C=O) groups is 1. The summed E-state index contributed by atoms with van der Waals surface area (Å²) in [6, 6.07) is 2.68. The van der Waals surface area contributed by atoms with Crippen LogP contribution in [0.15, 0.2) is 24.5 Å². The van der Waals surface area contributed by atoms with Gasteiger partial charge in [-0.15, -0.1) is 5.10 Å². The van der Waals surface area contributed by atoms with Crippen molar-refractivity contribution >= 4 is 6.03 Å². The van der Waals surface area contributed by atoms with Crippen LogP contribution in [0.4, 0.5) is 13.6 Å². The predicted molar refractivity (Wildman–Crippen MR) is 72.9 cm³/mol. The molecule has 0 N–H and O–H groups in total. The SMILES string of the molecule is CC1(C)COCN1C(=O)n1cnc(-c2ccc(F)cc2F)n1. The van der Waals surface area contributed by atoms with Gasteiger partial charge in [-0.2, -0.15) is 4.68 Å². The first kappa shape index (κ1) is 14.6. The summed E-state index contributed by atoms with van der Waals surface area (Å²) in [5.74, 6) is -1.45. The minimum atomic E-state index is -0.782. The molecule has 1 aromatic carbocycles. The van der Waals surface area contributed by atoms with Crippen molar-refractivity contribution in [3.63, 3.8) is 0 Å². The highest BCUT2D eigenvalue weighted by molar-refractivity contribution is 5.77. The molecule has 1 aliphatic rings. The fraction of sp³-hybridized carbons (Fsp3) is 0.357. The molecule has 0 spiro atoms. The molecule has 116 valence electrons. The molecule has 0 bridgehead atoms. The molecular formula is C14H14F2N4O2. The molecule has 0 saturated carbocycles. The maximum absolute atomic E-state index is 13.7. The van der Waals surface area contributed by atoms with Crippen molar-refractivity contribution in [3.8, 4) is 11.4 Å². The summed E-state index contributed by atoms with van der Waals surface area (Å²) >= 11 is 0. The molecule has 3 rings (SSSR count). The normalized spacial score (nSPS) is 17.0. The molecule has 1 fully saturated rings. The van der Waals surface area contributed by atoms with Gasteiger partial charge in [-0.3, -0.25) is 4.90 Å². The largest absolute Gasteiger partial charge is 0.359 e. The molecule has 0 atom stereocenters. The maximum atomic E-state index is 13.7. The Hall–Kier alpha value is -2.35. The zero-order valence-corrected chi connectivity index (χ0v) is 12.1. The van der Waals surface area contributed by atoms with E-state index in [9.17, 15) is 13.6 Å². The lowest BCUT2D eigenvalue weighted by atomic mass is 10.1. The lowest BCUT2D eigenvalue weighted by molar-refractivity contribution is 0.138. The molecular weight excluding hydrogens is 294 g/mol. The molecule has 0 radical (unpaired) electrons. The van der Waals surface area contributed by atoms with Gasteiger partial charge in [0.2, 0.25) is 0 Å². The van der Waals surface area contributed by atoms with Gasteiger partial charge >= 0.3 is 6.03 Å². The third-order valence-electron chi connectivity index (χ3n) is 3.50. The molecule has 6 nitrogen and oxygen atoms in total. The van der Waals surface area contributed by atoms with E-state index in [0.29, 0.717) is 6.61 Å². The van der Waals surface area contributed by atoms with Crippen LogP contribution in [0.25, 0.3) is 11.4 Å². The van der Waals surface area contributed by atoms with Crippen molar-refractivity contribution in [1.29, 1.82) is 0 Å². The number of halogens is 2. The molecule has 22 heavy (non-hydrogen) atoms. The molecule has 0 aliphatic carbocycles. The second kappa shape index (κ2) is 5.13. The van der Waals surface area contributed by atoms with Crippen LogP contribution in [0.1, 0.15) is 13.8 Å². The van der Waals surface area contributed by atoms with E-state index in [2.05, 4.69) is 10.1 Å². The number of ether oxygens (including phenoxy) is 1. The summed E-state index contributed by atoms with van der Waals surface area (Å²) in [6.07, 6.45) is 1.20. The summed E-state index contributed by atoms with van der Waals surface area (Å²) in [7, 11) is 0. The van der Waals surface area contributed by atoms with Crippen LogP contribution in [0, 0.1) is 11.6 Å². The number of carbonyl (C=O) groups excluding carboxylic acids is 1. The lowest BCUT2D eigenvalue weighted by Crippen LogP contribution is -2.46. The Morgan fingerprint density at radius 1 is 1.36 bits per heavy atom. The maximum Gasteiger partial charge on any atom is 0.348 e. The van der Waals surface area contributed by atoms with Crippen molar-refractivity contribution in [2.45, 2.75) is 19.4 Å². The van der Waals surface area contributed by atoms with E-state index < -0.39 is 23.2 Å². The molecule has 0 unspecified atom stereocenters. The molecule has 8 heteroatoms. The summed E-state index contributed by atoms with van der Waals surface area (Å²) in [6.45, 7) is 4.32. The minimum absolute atomic E-state index is 0.0174. The number of nitrogens with zero attached hydrogens (tertiary/aromatic N) is 4. The minimum Gasteiger partial charge on any atom is -0.359 e. The standard InChI is InChI=1S/C14H14F2N4O2/c1-14(2)6-22-8-19(14)13(21)20-7-17-12(18-20)10-4-3-9(15)5-11(10)16/h3-5,7H,6,8H2,1-2H3. The van der Waals surface area contributed by atoms with Gasteiger partial charge < -0.3 is 4.74 Å². The summed E-state index contributed by atoms with van der Waals surface area (Å²) in [5, 5.41) is 3.98. The third-order valence-corrected chi connectivity index (χ3v) is 3.50. The van der Waals surface area contributed by atoms with E-state index in [-0.39, 0.29) is 18.1 Å². The van der Waals surface area contributed by atoms with Crippen LogP contribution in [0.5, 0.6) is 0 Å². The van der Waals surface area contributed by atoms with Gasteiger partial charge in [0.1, 0.15) is 24.7 Å². The highest BCUT2D eigenvalue weighted by Crippen LogP contribution is 2.23. The van der Waals surface area contributed by atoms with Crippen LogP contribution >= 0.6 is 0 Å². The Balaban J connectivity index is 1.89. The van der Waals surface area contributed by atoms with Crippen molar-refractivity contribution in [2.24, 2.45) is 0 Å². The first-order chi connectivity index (χ1) is 10.4. The van der Waals surface area contributed by atoms with Gasteiger partial charge in [0.15, 0.2) is 5.82 Å². The average molecular weight is 308 g/mol. The van der Waals surface area contributed by atoms with E-state index in [1.807, 2.05) is 13.8 Å². The predicted octanol–water partition coefficient (Wildman–Crippen LogP) is 2.26. The van der Waals surface area contributed by atoms with Crippen molar-refractivity contribution < 1.29 is 18.3 Å². The fourth-order valence-electron chi connectivity index (χ4n) is 2.23. The summed E-state index contributed by atoms with van der Waals surface area (Å²) < 4.78 is 33.0. The Morgan fingerprint density at radius 2 is 2.14 bits per heavy atom. The lowest BCUT2D eigenvalue weighted by Gasteiger charge is -2.28. The van der Waals surface area contributed by atoms with Crippen LogP contribution < -0.4 is 0 Å². The number of hydrogen-bond donors (Lipinski definition) is 0. The Bertz CT molecular complexity index is 729. The zero-order chi connectivity index (χ0) is 15.9. The Morgan fingerprint density at radius 3 is 2.77 bits per heavy atom. The van der Waals surface area contributed by atoms with E-state index in [1.54, 1.807) is 0 Å². The average Bonchev–Trinajstić information content (AvgIpc) is 3.04. The van der Waals surface area contributed by atoms with Gasteiger partial charge in [-0.25, -0.2) is 18.6 Å². The number of rotatable bonds is 1. The van der Waals surface area contributed by atoms with E-state index in [4.69, 9.17) is 4.74 Å². The molecule has 2 heterocycles. The quantitative estimate of drug-likeness (QED) is 0.811. The summed E-state index contributed by atoms with van der Waals surface area (Å²) in [4.78, 5) is 17.8. The van der Waals surface area contributed by atoms with Crippen LogP contribution in [0.3, 0.4) is 0 Å². The molecule has 1 amide bonds. The second-order valence-electron chi connectivity index (χ2n) is 5.64.